The Kier molecular flexibility index (Phi) is 3.79. The van der Waals surface area contributed by atoms with Crippen LogP contribution in [0.15, 0.2) is 24.5 Å². The maximum atomic E-state index is 5.51. The van der Waals surface area contributed by atoms with Gasteiger partial charge in [-0.25, -0.2) is 0 Å². The van der Waals surface area contributed by atoms with Crippen LogP contribution in [0.5, 0.6) is 0 Å². The number of nitrogens with zero attached hydrogens (tertiary/aromatic N) is 4. The Morgan fingerprint density at radius 3 is 2.82 bits per heavy atom. The van der Waals surface area contributed by atoms with Gasteiger partial charge in [0.05, 0.1) is 25.0 Å². The second-order valence-corrected chi connectivity index (χ2v) is 3.57. The maximum Gasteiger partial charge on any atom is 0.131 e. The van der Waals surface area contributed by atoms with Crippen LogP contribution in [0.2, 0.25) is 0 Å². The summed E-state index contributed by atoms with van der Waals surface area (Å²) in [6.45, 7) is 1.72. The first kappa shape index (κ1) is 11.7. The Bertz CT molecular complexity index is 465. The number of methoxy groups -OCH3 is 1. The quantitative estimate of drug-likeness (QED) is 0.811. The molecule has 0 fully saturated rings. The first-order valence-corrected chi connectivity index (χ1v) is 5.38. The van der Waals surface area contributed by atoms with Crippen LogP contribution in [-0.2, 0) is 17.8 Å². The average Bonchev–Trinajstić information content (AvgIpc) is 2.85. The van der Waals surface area contributed by atoms with E-state index in [-0.39, 0.29) is 0 Å². The van der Waals surface area contributed by atoms with Crippen molar-refractivity contribution in [1.29, 1.82) is 0 Å². The minimum Gasteiger partial charge on any atom is -0.383 e. The molecule has 17 heavy (non-hydrogen) atoms. The molecule has 0 amide bonds. The third-order valence-corrected chi connectivity index (χ3v) is 2.35. The van der Waals surface area contributed by atoms with Crippen molar-refractivity contribution >= 4 is 0 Å². The highest BCUT2D eigenvalue weighted by Gasteiger charge is 2.04. The lowest BCUT2D eigenvalue weighted by molar-refractivity contribution is 0.179. The van der Waals surface area contributed by atoms with Crippen molar-refractivity contribution in [2.75, 3.05) is 13.7 Å². The van der Waals surface area contributed by atoms with Crippen molar-refractivity contribution in [1.82, 2.24) is 20.0 Å². The zero-order valence-electron chi connectivity index (χ0n) is 9.71. The van der Waals surface area contributed by atoms with Gasteiger partial charge in [-0.1, -0.05) is 6.07 Å². The van der Waals surface area contributed by atoms with Crippen LogP contribution in [0.1, 0.15) is 5.56 Å². The third kappa shape index (κ3) is 2.86. The molecule has 6 heteroatoms. The summed E-state index contributed by atoms with van der Waals surface area (Å²) in [5.74, 6) is 0. The highest BCUT2D eigenvalue weighted by molar-refractivity contribution is 5.51. The molecular formula is C11H15N5O. The third-order valence-electron chi connectivity index (χ3n) is 2.35. The number of hydrogen-bond acceptors (Lipinski definition) is 5. The Hall–Kier alpha value is -1.79. The van der Waals surface area contributed by atoms with E-state index >= 15 is 0 Å². The first-order valence-electron chi connectivity index (χ1n) is 5.38. The molecule has 0 spiro atoms. The van der Waals surface area contributed by atoms with E-state index in [9.17, 15) is 0 Å². The number of nitrogens with two attached hydrogens (primary N) is 1. The van der Waals surface area contributed by atoms with Crippen LogP contribution < -0.4 is 5.73 Å². The van der Waals surface area contributed by atoms with Gasteiger partial charge in [-0.15, -0.1) is 0 Å². The van der Waals surface area contributed by atoms with Gasteiger partial charge in [0.1, 0.15) is 5.69 Å². The van der Waals surface area contributed by atoms with E-state index in [1.54, 1.807) is 24.3 Å². The van der Waals surface area contributed by atoms with Crippen LogP contribution in [0.3, 0.4) is 0 Å². The molecule has 0 atom stereocenters. The predicted molar refractivity (Wildman–Crippen MR) is 63.0 cm³/mol. The molecule has 2 rings (SSSR count). The normalized spacial score (nSPS) is 10.7. The van der Waals surface area contributed by atoms with E-state index < -0.39 is 0 Å². The lowest BCUT2D eigenvalue weighted by Crippen LogP contribution is -2.07. The molecule has 0 radical (unpaired) electrons. The Balaban J connectivity index is 2.12. The van der Waals surface area contributed by atoms with Gasteiger partial charge in [0.15, 0.2) is 0 Å². The number of ether oxygens (including phenoxy) is 1. The number of aromatic nitrogens is 4. The molecule has 0 saturated carbocycles. The van der Waals surface area contributed by atoms with Crippen molar-refractivity contribution in [2.45, 2.75) is 13.1 Å². The minimum atomic E-state index is 0.494. The van der Waals surface area contributed by atoms with E-state index in [1.807, 2.05) is 12.1 Å². The first-order chi connectivity index (χ1) is 8.33. The second-order valence-electron chi connectivity index (χ2n) is 3.57. The largest absolute Gasteiger partial charge is 0.383 e. The molecule has 0 saturated heterocycles. The lowest BCUT2D eigenvalue weighted by Gasteiger charge is -1.98. The van der Waals surface area contributed by atoms with Gasteiger partial charge in [0.25, 0.3) is 0 Å². The van der Waals surface area contributed by atoms with Gasteiger partial charge in [0, 0.05) is 19.9 Å². The SMILES string of the molecule is COCCn1ncc(-c2ccc(CN)cn2)n1. The molecule has 2 aromatic heterocycles. The zero-order valence-corrected chi connectivity index (χ0v) is 9.71. The fourth-order valence-electron chi connectivity index (χ4n) is 1.39. The van der Waals surface area contributed by atoms with E-state index in [4.69, 9.17) is 10.5 Å². The summed E-state index contributed by atoms with van der Waals surface area (Å²) >= 11 is 0. The van der Waals surface area contributed by atoms with Gasteiger partial charge < -0.3 is 10.5 Å². The molecule has 90 valence electrons. The standard InChI is InChI=1S/C11H15N5O/c1-17-5-4-16-14-8-11(15-16)10-3-2-9(6-12)7-13-10/h2-3,7-8H,4-6,12H2,1H3. The maximum absolute atomic E-state index is 5.51. The van der Waals surface area contributed by atoms with Gasteiger partial charge in [0.2, 0.25) is 0 Å². The molecule has 0 aliphatic rings. The molecule has 2 aromatic rings. The van der Waals surface area contributed by atoms with Crippen molar-refractivity contribution in [3.8, 4) is 11.4 Å². The summed E-state index contributed by atoms with van der Waals surface area (Å²) in [6.07, 6.45) is 3.45. The van der Waals surface area contributed by atoms with E-state index in [2.05, 4.69) is 15.2 Å². The fraction of sp³-hybridized carbons (Fsp3) is 0.364. The van der Waals surface area contributed by atoms with Crippen LogP contribution in [0.4, 0.5) is 0 Å². The van der Waals surface area contributed by atoms with Crippen LogP contribution in [0, 0.1) is 0 Å². The smallest absolute Gasteiger partial charge is 0.131 e. The topological polar surface area (TPSA) is 78.9 Å². The summed E-state index contributed by atoms with van der Waals surface area (Å²) in [5.41, 5.74) is 8.06. The van der Waals surface area contributed by atoms with Gasteiger partial charge in [-0.05, 0) is 11.6 Å². The Morgan fingerprint density at radius 1 is 1.29 bits per heavy atom. The van der Waals surface area contributed by atoms with Crippen molar-refractivity contribution in [3.05, 3.63) is 30.1 Å². The van der Waals surface area contributed by atoms with Gasteiger partial charge in [-0.3, -0.25) is 4.98 Å². The van der Waals surface area contributed by atoms with Crippen LogP contribution in [0.25, 0.3) is 11.4 Å². The second kappa shape index (κ2) is 5.51. The summed E-state index contributed by atoms with van der Waals surface area (Å²) in [6, 6.07) is 3.84. The Labute approximate surface area is 99.4 Å². The monoisotopic (exact) mass is 233 g/mol. The molecule has 6 nitrogen and oxygen atoms in total. The van der Waals surface area contributed by atoms with E-state index in [0.29, 0.717) is 19.7 Å². The highest BCUT2D eigenvalue weighted by atomic mass is 16.5. The summed E-state index contributed by atoms with van der Waals surface area (Å²) < 4.78 is 4.96. The van der Waals surface area contributed by atoms with E-state index in [0.717, 1.165) is 17.0 Å². The summed E-state index contributed by atoms with van der Waals surface area (Å²) in [7, 11) is 1.65. The highest BCUT2D eigenvalue weighted by Crippen LogP contribution is 2.12. The average molecular weight is 233 g/mol. The molecule has 0 aliphatic carbocycles. The minimum absolute atomic E-state index is 0.494. The zero-order chi connectivity index (χ0) is 12.1. The Morgan fingerprint density at radius 2 is 2.18 bits per heavy atom. The van der Waals surface area contributed by atoms with Crippen molar-refractivity contribution < 1.29 is 4.74 Å². The molecule has 0 aromatic carbocycles. The molecule has 2 N–H and O–H groups in total. The van der Waals surface area contributed by atoms with Crippen molar-refractivity contribution in [3.63, 3.8) is 0 Å². The van der Waals surface area contributed by atoms with Gasteiger partial charge in [-0.2, -0.15) is 15.0 Å². The molecular weight excluding hydrogens is 218 g/mol. The fourth-order valence-corrected chi connectivity index (χ4v) is 1.39. The molecule has 0 bridgehead atoms. The number of hydrogen-bond donors (Lipinski definition) is 1. The summed E-state index contributed by atoms with van der Waals surface area (Å²) in [5, 5.41) is 8.44. The molecule has 0 unspecified atom stereocenters. The molecule has 0 aliphatic heterocycles. The van der Waals surface area contributed by atoms with Crippen LogP contribution in [-0.4, -0.2) is 33.7 Å². The summed E-state index contributed by atoms with van der Waals surface area (Å²) in [4.78, 5) is 5.88. The van der Waals surface area contributed by atoms with Gasteiger partial charge >= 0.3 is 0 Å². The van der Waals surface area contributed by atoms with Crippen molar-refractivity contribution in [2.24, 2.45) is 5.73 Å². The number of rotatable bonds is 5. The van der Waals surface area contributed by atoms with E-state index in [1.165, 1.54) is 0 Å². The molecule has 2 heterocycles. The number of pyridine rings is 1. The lowest BCUT2D eigenvalue weighted by atomic mass is 10.2. The predicted octanol–water partition coefficient (Wildman–Crippen LogP) is 0.445. The van der Waals surface area contributed by atoms with Crippen LogP contribution >= 0.6 is 0 Å².